The lowest BCUT2D eigenvalue weighted by molar-refractivity contribution is -0.117. The van der Waals surface area contributed by atoms with Crippen LogP contribution in [-0.4, -0.2) is 78.7 Å². The summed E-state index contributed by atoms with van der Waals surface area (Å²) in [5.74, 6) is 0.984. The van der Waals surface area contributed by atoms with Crippen molar-refractivity contribution in [2.75, 3.05) is 55.9 Å². The number of nitrogens with zero attached hydrogens (tertiary/aromatic N) is 4. The lowest BCUT2D eigenvalue weighted by Gasteiger charge is -2.55. The van der Waals surface area contributed by atoms with Crippen molar-refractivity contribution in [2.24, 2.45) is 11.3 Å². The minimum atomic E-state index is -0.507. The van der Waals surface area contributed by atoms with Crippen LogP contribution in [0.5, 0.6) is 5.75 Å². The largest absolute Gasteiger partial charge is 0.491 e. The van der Waals surface area contributed by atoms with Crippen molar-refractivity contribution in [1.82, 2.24) is 20.2 Å². The highest BCUT2D eigenvalue weighted by molar-refractivity contribution is 6.01. The molecule has 2 aromatic rings. The van der Waals surface area contributed by atoms with Gasteiger partial charge in [0.2, 0.25) is 5.91 Å². The van der Waals surface area contributed by atoms with E-state index in [4.69, 9.17) is 9.47 Å². The Labute approximate surface area is 240 Å². The van der Waals surface area contributed by atoms with Gasteiger partial charge in [-0.05, 0) is 52.5 Å². The fraction of sp³-hybridized carbons (Fsp3) is 0.552. The van der Waals surface area contributed by atoms with Crippen LogP contribution in [0, 0.1) is 11.3 Å². The van der Waals surface area contributed by atoms with Crippen molar-refractivity contribution in [1.29, 1.82) is 0 Å². The zero-order valence-corrected chi connectivity index (χ0v) is 24.4. The topological polar surface area (TPSA) is 138 Å². The molecule has 1 aliphatic carbocycles. The van der Waals surface area contributed by atoms with E-state index in [1.54, 1.807) is 31.3 Å². The quantitative estimate of drug-likeness (QED) is 0.458. The number of amides is 3. The Morgan fingerprint density at radius 3 is 2.41 bits per heavy atom. The van der Waals surface area contributed by atoms with E-state index in [-0.39, 0.29) is 29.2 Å². The van der Waals surface area contributed by atoms with Gasteiger partial charge < -0.3 is 35.2 Å². The highest BCUT2D eigenvalue weighted by Crippen LogP contribution is 2.47. The van der Waals surface area contributed by atoms with Crippen molar-refractivity contribution < 1.29 is 23.9 Å². The number of methoxy groups -OCH3 is 1. The summed E-state index contributed by atoms with van der Waals surface area (Å²) in [7, 11) is 3.14. The summed E-state index contributed by atoms with van der Waals surface area (Å²) in [4.78, 5) is 50.2. The average molecular weight is 566 g/mol. The molecule has 3 fully saturated rings. The predicted octanol–water partition coefficient (Wildman–Crippen LogP) is 3.77. The Balaban J connectivity index is 1.30. The molecule has 2 aliphatic heterocycles. The molecule has 2 aromatic heterocycles. The van der Waals surface area contributed by atoms with Gasteiger partial charge >= 0.3 is 6.09 Å². The lowest BCUT2D eigenvalue weighted by Crippen LogP contribution is -2.61. The Hall–Kier alpha value is -4.09. The van der Waals surface area contributed by atoms with E-state index in [2.05, 4.69) is 30.8 Å². The van der Waals surface area contributed by atoms with Gasteiger partial charge in [-0.1, -0.05) is 0 Å². The highest BCUT2D eigenvalue weighted by atomic mass is 16.6. The third kappa shape index (κ3) is 6.31. The first-order chi connectivity index (χ1) is 19.5. The van der Waals surface area contributed by atoms with E-state index in [0.29, 0.717) is 41.7 Å². The molecule has 220 valence electrons. The molecule has 3 amide bonds. The van der Waals surface area contributed by atoms with E-state index in [0.717, 1.165) is 44.5 Å². The minimum absolute atomic E-state index is 0.0228. The maximum Gasteiger partial charge on any atom is 0.410 e. The van der Waals surface area contributed by atoms with E-state index >= 15 is 0 Å². The average Bonchev–Trinajstić information content (AvgIpc) is 3.76. The van der Waals surface area contributed by atoms with Crippen molar-refractivity contribution in [3.05, 3.63) is 30.1 Å². The monoisotopic (exact) mass is 565 g/mol. The molecule has 5 rings (SSSR count). The first-order valence-corrected chi connectivity index (χ1v) is 14.1. The summed E-state index contributed by atoms with van der Waals surface area (Å²) in [6.45, 7) is 8.66. The summed E-state index contributed by atoms with van der Waals surface area (Å²) < 4.78 is 11.4. The standard InChI is InChI=1S/C29H39N7O5/c1-28(2,3)41-27(39)35-12-9-29(10-13-35)16-36(17-29)21-8-11-31-24(23(21)40-5)33-20-14-22(34-25(37)18-6-7-18)32-15-19(20)26(38)30-4/h8,11,14-15,18H,6-7,9-10,12-13,16-17H2,1-5H3,(H,30,38)(H2,31,32,33,34,37). The van der Waals surface area contributed by atoms with Crippen molar-refractivity contribution in [3.8, 4) is 5.75 Å². The smallest absolute Gasteiger partial charge is 0.410 e. The number of anilines is 4. The molecular formula is C29H39N7O5. The zero-order valence-electron chi connectivity index (χ0n) is 24.4. The number of rotatable bonds is 7. The normalized spacial score (nSPS) is 17.9. The number of ether oxygens (including phenoxy) is 2. The minimum Gasteiger partial charge on any atom is -0.491 e. The molecule has 0 bridgehead atoms. The molecule has 1 saturated carbocycles. The van der Waals surface area contributed by atoms with E-state index in [1.807, 2.05) is 26.8 Å². The maximum absolute atomic E-state index is 12.6. The number of nitrogens with one attached hydrogen (secondary N) is 3. The van der Waals surface area contributed by atoms with Gasteiger partial charge in [-0.3, -0.25) is 9.59 Å². The molecule has 1 spiro atoms. The van der Waals surface area contributed by atoms with Crippen LogP contribution < -0.4 is 25.6 Å². The van der Waals surface area contributed by atoms with Gasteiger partial charge in [0, 0.05) is 63.0 Å². The third-order valence-corrected chi connectivity index (χ3v) is 7.79. The Morgan fingerprint density at radius 2 is 1.80 bits per heavy atom. The molecule has 41 heavy (non-hydrogen) atoms. The SMILES string of the molecule is CNC(=O)c1cnc(NC(=O)C2CC2)cc1Nc1nccc(N2CC3(CCN(C(=O)OC(C)(C)C)CC3)C2)c1OC. The second-order valence-corrected chi connectivity index (χ2v) is 12.1. The number of pyridine rings is 2. The van der Waals surface area contributed by atoms with Gasteiger partial charge in [0.25, 0.3) is 5.91 Å². The molecule has 12 heteroatoms. The molecule has 0 unspecified atom stereocenters. The second kappa shape index (κ2) is 11.1. The van der Waals surface area contributed by atoms with Crippen LogP contribution >= 0.6 is 0 Å². The summed E-state index contributed by atoms with van der Waals surface area (Å²) in [6.07, 6.45) is 6.45. The van der Waals surface area contributed by atoms with Gasteiger partial charge in [0.05, 0.1) is 24.0 Å². The number of hydrogen-bond acceptors (Lipinski definition) is 9. The number of hydrogen-bond donors (Lipinski definition) is 3. The van der Waals surface area contributed by atoms with Gasteiger partial charge in [0.15, 0.2) is 11.6 Å². The van der Waals surface area contributed by atoms with E-state index in [9.17, 15) is 14.4 Å². The first-order valence-electron chi connectivity index (χ1n) is 14.1. The van der Waals surface area contributed by atoms with Crippen LogP contribution in [0.3, 0.4) is 0 Å². The first kappa shape index (κ1) is 28.4. The molecule has 3 N–H and O–H groups in total. The summed E-state index contributed by atoms with van der Waals surface area (Å²) in [5, 5.41) is 8.70. The zero-order chi connectivity index (χ0) is 29.4. The number of carbonyl (C=O) groups excluding carboxylic acids is 3. The lowest BCUT2D eigenvalue weighted by atomic mass is 9.72. The molecule has 0 radical (unpaired) electrons. The summed E-state index contributed by atoms with van der Waals surface area (Å²) in [5.41, 5.74) is 1.27. The van der Waals surface area contributed by atoms with Crippen LogP contribution in [0.4, 0.5) is 27.8 Å². The molecule has 12 nitrogen and oxygen atoms in total. The van der Waals surface area contributed by atoms with Crippen LogP contribution in [0.2, 0.25) is 0 Å². The third-order valence-electron chi connectivity index (χ3n) is 7.79. The molecular weight excluding hydrogens is 526 g/mol. The second-order valence-electron chi connectivity index (χ2n) is 12.1. The fourth-order valence-corrected chi connectivity index (χ4v) is 5.36. The van der Waals surface area contributed by atoms with Crippen molar-refractivity contribution in [2.45, 2.75) is 52.1 Å². The van der Waals surface area contributed by atoms with Gasteiger partial charge in [-0.15, -0.1) is 0 Å². The summed E-state index contributed by atoms with van der Waals surface area (Å²) >= 11 is 0. The van der Waals surface area contributed by atoms with Crippen LogP contribution in [0.15, 0.2) is 24.5 Å². The Kier molecular flexibility index (Phi) is 7.67. The van der Waals surface area contributed by atoms with Crippen molar-refractivity contribution in [3.63, 3.8) is 0 Å². The van der Waals surface area contributed by atoms with Crippen LogP contribution in [0.1, 0.15) is 56.8 Å². The van der Waals surface area contributed by atoms with Gasteiger partial charge in [0.1, 0.15) is 11.4 Å². The fourth-order valence-electron chi connectivity index (χ4n) is 5.36. The Bertz CT molecular complexity index is 1320. The number of likely N-dealkylation sites (tertiary alicyclic amines) is 1. The molecule has 0 atom stereocenters. The van der Waals surface area contributed by atoms with E-state index < -0.39 is 5.60 Å². The van der Waals surface area contributed by atoms with Gasteiger partial charge in [-0.25, -0.2) is 14.8 Å². The van der Waals surface area contributed by atoms with E-state index in [1.165, 1.54) is 6.20 Å². The number of piperidine rings is 1. The molecule has 4 heterocycles. The highest BCUT2D eigenvalue weighted by Gasteiger charge is 2.46. The summed E-state index contributed by atoms with van der Waals surface area (Å²) in [6, 6.07) is 3.55. The predicted molar refractivity (Wildman–Crippen MR) is 155 cm³/mol. The number of carbonyl (C=O) groups is 3. The molecule has 2 saturated heterocycles. The Morgan fingerprint density at radius 1 is 1.10 bits per heavy atom. The molecule has 3 aliphatic rings. The maximum atomic E-state index is 12.6. The van der Waals surface area contributed by atoms with Crippen molar-refractivity contribution >= 4 is 40.9 Å². The molecule has 0 aromatic carbocycles. The number of aromatic nitrogens is 2. The van der Waals surface area contributed by atoms with Gasteiger partial charge in [-0.2, -0.15) is 0 Å². The van der Waals surface area contributed by atoms with Crippen LogP contribution in [0.25, 0.3) is 0 Å². The van der Waals surface area contributed by atoms with Crippen LogP contribution in [-0.2, 0) is 9.53 Å².